The smallest absolute Gasteiger partial charge is 0.246 e. The molecule has 11 heteroatoms. The van der Waals surface area contributed by atoms with Gasteiger partial charge in [-0.05, 0) is 47.9 Å². The van der Waals surface area contributed by atoms with E-state index in [9.17, 15) is 13.6 Å². The fraction of sp³-hybridized carbons (Fsp3) is 0.357. The van der Waals surface area contributed by atoms with E-state index in [-0.39, 0.29) is 54.0 Å². The summed E-state index contributed by atoms with van der Waals surface area (Å²) in [5.74, 6) is -1.33. The van der Waals surface area contributed by atoms with Crippen LogP contribution in [0.3, 0.4) is 0 Å². The Bertz CT molecular complexity index is 1570. The van der Waals surface area contributed by atoms with E-state index in [2.05, 4.69) is 39.3 Å². The highest BCUT2D eigenvalue weighted by Crippen LogP contribution is 2.69. The van der Waals surface area contributed by atoms with Gasteiger partial charge in [-0.2, -0.15) is 5.10 Å². The molecule has 0 radical (unpaired) electrons. The largest absolute Gasteiger partial charge is 0.443 e. The molecule has 3 aromatic heterocycles. The van der Waals surface area contributed by atoms with E-state index in [4.69, 9.17) is 14.5 Å². The number of nitrogens with one attached hydrogen (secondary N) is 1. The molecular weight excluding hydrogens is 506 g/mol. The van der Waals surface area contributed by atoms with Crippen molar-refractivity contribution < 1.29 is 23.1 Å². The number of fused-ring (bicyclic) bond motifs is 5. The van der Waals surface area contributed by atoms with Crippen LogP contribution in [0.5, 0.6) is 0 Å². The molecule has 2 atom stereocenters. The first kappa shape index (κ1) is 25.2. The molecule has 39 heavy (non-hydrogen) atoms. The molecule has 9 nitrogen and oxygen atoms in total. The third-order valence-electron chi connectivity index (χ3n) is 8.22. The third kappa shape index (κ3) is 3.82. The number of aromatic nitrogens is 5. The summed E-state index contributed by atoms with van der Waals surface area (Å²) >= 11 is 0. The van der Waals surface area contributed by atoms with Gasteiger partial charge < -0.3 is 14.8 Å². The zero-order valence-electron chi connectivity index (χ0n) is 21.4. The Morgan fingerprint density at radius 1 is 1.15 bits per heavy atom. The van der Waals surface area contributed by atoms with Crippen molar-refractivity contribution in [2.24, 2.45) is 5.41 Å². The fourth-order valence-electron chi connectivity index (χ4n) is 6.36. The lowest BCUT2D eigenvalue weighted by molar-refractivity contribution is -0.120. The second-order valence-corrected chi connectivity index (χ2v) is 10.5. The lowest BCUT2D eigenvalue weighted by Crippen LogP contribution is -2.38. The molecule has 200 valence electrons. The molecule has 0 saturated heterocycles. The zero-order chi connectivity index (χ0) is 27.4. The number of oxazole rings is 1. The van der Waals surface area contributed by atoms with Crippen LogP contribution in [-0.4, -0.2) is 49.3 Å². The highest BCUT2D eigenvalue weighted by atomic mass is 19.1. The molecule has 2 aliphatic carbocycles. The van der Waals surface area contributed by atoms with Crippen LogP contribution in [0, 0.1) is 17.0 Å². The summed E-state index contributed by atoms with van der Waals surface area (Å²) < 4.78 is 34.7. The minimum Gasteiger partial charge on any atom is -0.443 e. The van der Waals surface area contributed by atoms with Crippen LogP contribution in [0.25, 0.3) is 22.8 Å². The van der Waals surface area contributed by atoms with Gasteiger partial charge in [-0.25, -0.2) is 18.7 Å². The summed E-state index contributed by atoms with van der Waals surface area (Å²) in [6, 6.07) is 5.50. The van der Waals surface area contributed by atoms with Crippen LogP contribution in [0.15, 0.2) is 47.3 Å². The Hall–Kier alpha value is -4.12. The van der Waals surface area contributed by atoms with Crippen molar-refractivity contribution >= 4 is 5.91 Å². The second kappa shape index (κ2) is 9.26. The Morgan fingerprint density at radius 2 is 1.95 bits per heavy atom. The van der Waals surface area contributed by atoms with Crippen molar-refractivity contribution in [1.29, 1.82) is 0 Å². The van der Waals surface area contributed by atoms with Crippen molar-refractivity contribution in [2.75, 3.05) is 13.2 Å². The molecule has 3 heterocycles. The van der Waals surface area contributed by atoms with Gasteiger partial charge in [0.05, 0.1) is 53.0 Å². The van der Waals surface area contributed by atoms with Crippen molar-refractivity contribution in [3.8, 4) is 22.8 Å². The molecule has 1 amide bonds. The predicted molar refractivity (Wildman–Crippen MR) is 135 cm³/mol. The van der Waals surface area contributed by atoms with Gasteiger partial charge in [-0.15, -0.1) is 5.10 Å². The van der Waals surface area contributed by atoms with E-state index in [1.54, 1.807) is 18.5 Å². The van der Waals surface area contributed by atoms with Gasteiger partial charge in [-0.1, -0.05) is 19.9 Å². The summed E-state index contributed by atoms with van der Waals surface area (Å²) in [6.45, 7) is 4.32. The van der Waals surface area contributed by atoms with E-state index in [0.29, 0.717) is 17.1 Å². The number of amides is 1. The first-order chi connectivity index (χ1) is 18.8. The van der Waals surface area contributed by atoms with Crippen LogP contribution in [0.4, 0.5) is 8.78 Å². The molecule has 1 fully saturated rings. The molecule has 1 saturated carbocycles. The zero-order valence-corrected chi connectivity index (χ0v) is 21.4. The van der Waals surface area contributed by atoms with E-state index < -0.39 is 17.0 Å². The molecule has 0 aliphatic heterocycles. The van der Waals surface area contributed by atoms with Gasteiger partial charge in [0.1, 0.15) is 23.6 Å². The predicted octanol–water partition coefficient (Wildman–Crippen LogP) is 3.72. The topological polar surface area (TPSA) is 127 Å². The Balaban J connectivity index is 1.38. The molecule has 2 N–H and O–H groups in total. The number of carbonyl (C=O) groups excluding carboxylic acids is 1. The molecule has 1 aromatic carbocycles. The van der Waals surface area contributed by atoms with Crippen LogP contribution >= 0.6 is 0 Å². The van der Waals surface area contributed by atoms with Crippen LogP contribution in [0.1, 0.15) is 55.3 Å². The van der Waals surface area contributed by atoms with Gasteiger partial charge in [0.2, 0.25) is 11.8 Å². The number of hydrogen-bond acceptors (Lipinski definition) is 8. The standard InChI is InChI=1S/C28H26F2N6O3/c1-27(2)17-6-7-28(27,25-16(17)11-20(35-36-25)24-18(29)4-3-5-19(24)30)22-13-31-12-21(34-22)26-33-15(14-39-26)10-23(38)32-8-9-37/h3-5,11-14,17,37H,6-10H2,1-2H3,(H,32,38)/t17-,28+/m0/s1. The summed E-state index contributed by atoms with van der Waals surface area (Å²) in [7, 11) is 0. The number of carbonyl (C=O) groups is 1. The second-order valence-electron chi connectivity index (χ2n) is 10.5. The number of benzene rings is 1. The lowest BCUT2D eigenvalue weighted by Gasteiger charge is -2.37. The van der Waals surface area contributed by atoms with Crippen LogP contribution in [-0.2, 0) is 16.6 Å². The van der Waals surface area contributed by atoms with E-state index in [0.717, 1.165) is 24.1 Å². The lowest BCUT2D eigenvalue weighted by atomic mass is 9.66. The Labute approximate surface area is 222 Å². The molecule has 0 unspecified atom stereocenters. The van der Waals surface area contributed by atoms with Gasteiger partial charge in [-0.3, -0.25) is 9.78 Å². The summed E-state index contributed by atoms with van der Waals surface area (Å²) in [6.07, 6.45) is 6.27. The minimum absolute atomic E-state index is 0.00314. The van der Waals surface area contributed by atoms with Gasteiger partial charge >= 0.3 is 0 Å². The number of aliphatic hydroxyl groups is 1. The maximum absolute atomic E-state index is 14.5. The molecule has 4 aromatic rings. The molecule has 2 aliphatic rings. The number of nitrogens with zero attached hydrogens (tertiary/aromatic N) is 5. The van der Waals surface area contributed by atoms with Crippen molar-refractivity contribution in [3.63, 3.8) is 0 Å². The van der Waals surface area contributed by atoms with Crippen LogP contribution in [0.2, 0.25) is 0 Å². The quantitative estimate of drug-likeness (QED) is 0.369. The molecule has 2 bridgehead atoms. The van der Waals surface area contributed by atoms with E-state index in [1.165, 1.54) is 24.5 Å². The summed E-state index contributed by atoms with van der Waals surface area (Å²) in [5, 5.41) is 20.3. The van der Waals surface area contributed by atoms with Gasteiger partial charge in [0.15, 0.2) is 0 Å². The minimum atomic E-state index is -0.684. The maximum atomic E-state index is 14.5. The first-order valence-electron chi connectivity index (χ1n) is 12.7. The van der Waals surface area contributed by atoms with Gasteiger partial charge in [0, 0.05) is 12.7 Å². The average Bonchev–Trinajstić information content (AvgIpc) is 3.55. The molecular formula is C28H26F2N6O3. The highest BCUT2D eigenvalue weighted by Gasteiger charge is 2.65. The van der Waals surface area contributed by atoms with Crippen molar-refractivity contribution in [1.82, 2.24) is 30.5 Å². The SMILES string of the molecule is CC1(C)[C@H]2CC[C@@]1(c1cncc(-c3nc(CC(=O)NCCO)co3)n1)c1nnc(-c3c(F)cccc3F)cc12. The third-order valence-corrected chi connectivity index (χ3v) is 8.22. The number of aliphatic hydroxyl groups excluding tert-OH is 1. The van der Waals surface area contributed by atoms with E-state index >= 15 is 0 Å². The normalized spacial score (nSPS) is 20.7. The average molecular weight is 533 g/mol. The Morgan fingerprint density at radius 3 is 2.72 bits per heavy atom. The Kier molecular flexibility index (Phi) is 5.98. The molecule has 6 rings (SSSR count). The number of hydrogen-bond donors (Lipinski definition) is 2. The summed E-state index contributed by atoms with van der Waals surface area (Å²) in [4.78, 5) is 25.7. The molecule has 0 spiro atoms. The highest BCUT2D eigenvalue weighted by molar-refractivity contribution is 5.78. The van der Waals surface area contributed by atoms with E-state index in [1.807, 2.05) is 0 Å². The van der Waals surface area contributed by atoms with Gasteiger partial charge in [0.25, 0.3) is 0 Å². The first-order valence-corrected chi connectivity index (χ1v) is 12.7. The fourth-order valence-corrected chi connectivity index (χ4v) is 6.36. The van der Waals surface area contributed by atoms with Crippen molar-refractivity contribution in [2.45, 2.75) is 44.4 Å². The maximum Gasteiger partial charge on any atom is 0.246 e. The monoisotopic (exact) mass is 532 g/mol. The van der Waals surface area contributed by atoms with Crippen molar-refractivity contribution in [3.05, 3.63) is 77.2 Å². The van der Waals surface area contributed by atoms with Crippen LogP contribution < -0.4 is 5.32 Å². The number of halogens is 2. The summed E-state index contributed by atoms with van der Waals surface area (Å²) in [5.41, 5.74) is 2.22. The number of rotatable bonds is 7.